The number of carbonyl (C=O) groups is 1. The number of carbonyl (C=O) groups excluding carboxylic acids is 1. The molecule has 11 heteroatoms. The van der Waals surface area contributed by atoms with Gasteiger partial charge >= 0.3 is 6.18 Å². The van der Waals surface area contributed by atoms with Gasteiger partial charge in [0.1, 0.15) is 13.1 Å². The Hall–Kier alpha value is -4.02. The van der Waals surface area contributed by atoms with Gasteiger partial charge in [0.05, 0.1) is 28.5 Å². The highest BCUT2D eigenvalue weighted by molar-refractivity contribution is 5.98. The molecule has 0 saturated heterocycles. The predicted octanol–water partition coefficient (Wildman–Crippen LogP) is 3.38. The molecule has 1 amide bonds. The van der Waals surface area contributed by atoms with Crippen LogP contribution in [0, 0.1) is 0 Å². The fourth-order valence-electron chi connectivity index (χ4n) is 3.83. The molecule has 2 N–H and O–H groups in total. The molecular formula is C23H23F3N6O2. The number of pyridine rings is 1. The highest BCUT2D eigenvalue weighted by atomic mass is 19.4. The van der Waals surface area contributed by atoms with Gasteiger partial charge in [-0.3, -0.25) is 14.3 Å². The zero-order valence-electron chi connectivity index (χ0n) is 18.8. The maximum Gasteiger partial charge on any atom is 0.405 e. The Morgan fingerprint density at radius 1 is 1.15 bits per heavy atom. The number of aromatic nitrogens is 3. The van der Waals surface area contributed by atoms with Gasteiger partial charge in [0, 0.05) is 38.4 Å². The third-order valence-electron chi connectivity index (χ3n) is 5.38. The maximum absolute atomic E-state index is 13.2. The Bertz CT molecular complexity index is 1440. The van der Waals surface area contributed by atoms with Gasteiger partial charge in [-0.2, -0.15) is 18.3 Å². The van der Waals surface area contributed by atoms with Crippen molar-refractivity contribution in [3.63, 3.8) is 0 Å². The van der Waals surface area contributed by atoms with E-state index in [1.54, 1.807) is 40.5 Å². The Kier molecular flexibility index (Phi) is 5.94. The van der Waals surface area contributed by atoms with Crippen LogP contribution < -0.4 is 21.1 Å². The summed E-state index contributed by atoms with van der Waals surface area (Å²) in [5.41, 5.74) is 2.65. The lowest BCUT2D eigenvalue weighted by molar-refractivity contribution is -0.138. The molecule has 0 spiro atoms. The number of nitrogens with one attached hydrogen (secondary N) is 2. The summed E-state index contributed by atoms with van der Waals surface area (Å²) >= 11 is 0. The van der Waals surface area contributed by atoms with Gasteiger partial charge in [-0.1, -0.05) is 12.1 Å². The van der Waals surface area contributed by atoms with Gasteiger partial charge in [-0.25, -0.2) is 0 Å². The van der Waals surface area contributed by atoms with E-state index < -0.39 is 30.7 Å². The Morgan fingerprint density at radius 2 is 1.91 bits per heavy atom. The van der Waals surface area contributed by atoms with Crippen LogP contribution in [-0.4, -0.2) is 47.1 Å². The van der Waals surface area contributed by atoms with Crippen LogP contribution in [0.4, 0.5) is 30.2 Å². The highest BCUT2D eigenvalue weighted by Crippen LogP contribution is 2.32. The number of hydrogen-bond donors (Lipinski definition) is 2. The molecule has 2 heterocycles. The van der Waals surface area contributed by atoms with E-state index in [-0.39, 0.29) is 0 Å². The van der Waals surface area contributed by atoms with Crippen molar-refractivity contribution in [2.24, 2.45) is 7.05 Å². The summed E-state index contributed by atoms with van der Waals surface area (Å²) in [6, 6.07) is 10.8. The maximum atomic E-state index is 13.2. The minimum absolute atomic E-state index is 0.325. The van der Waals surface area contributed by atoms with Crippen molar-refractivity contribution >= 4 is 44.6 Å². The molecule has 4 aromatic rings. The first-order valence-corrected chi connectivity index (χ1v) is 10.4. The minimum atomic E-state index is -4.53. The molecule has 34 heavy (non-hydrogen) atoms. The molecule has 0 aliphatic rings. The summed E-state index contributed by atoms with van der Waals surface area (Å²) in [6.07, 6.45) is -1.38. The highest BCUT2D eigenvalue weighted by Gasteiger charge is 2.27. The summed E-state index contributed by atoms with van der Waals surface area (Å²) in [6.45, 7) is -1.97. The van der Waals surface area contributed by atoms with Gasteiger partial charge in [0.15, 0.2) is 0 Å². The van der Waals surface area contributed by atoms with Crippen LogP contribution >= 0.6 is 0 Å². The number of halogens is 3. The van der Waals surface area contributed by atoms with Crippen LogP contribution in [0.25, 0.3) is 21.7 Å². The number of nitrogens with zero attached hydrogens (tertiary/aromatic N) is 4. The second kappa shape index (κ2) is 8.73. The van der Waals surface area contributed by atoms with E-state index in [1.165, 1.54) is 6.20 Å². The average Bonchev–Trinajstić information content (AvgIpc) is 3.14. The summed E-state index contributed by atoms with van der Waals surface area (Å²) < 4.78 is 40.0. The van der Waals surface area contributed by atoms with Crippen LogP contribution in [-0.2, 0) is 18.4 Å². The van der Waals surface area contributed by atoms with E-state index in [4.69, 9.17) is 0 Å². The van der Waals surface area contributed by atoms with E-state index in [0.29, 0.717) is 16.5 Å². The standard InChI is InChI=1S/C23H23F3N6O2/c1-30(2)18-10-16(9-15-11-28-31(3)21(15)18)29-17-6-4-5-14-7-8-32(22(34)20(14)17)12-19(33)27-13-23(24,25)26/h4-11,29H,12-13H2,1-3H3,(H,27,33). The van der Waals surface area contributed by atoms with Crippen molar-refractivity contribution in [2.75, 3.05) is 30.9 Å². The van der Waals surface area contributed by atoms with Gasteiger partial charge < -0.3 is 20.1 Å². The first-order valence-electron chi connectivity index (χ1n) is 10.4. The van der Waals surface area contributed by atoms with Crippen LogP contribution in [0.2, 0.25) is 0 Å². The molecule has 2 aromatic heterocycles. The molecule has 0 aliphatic carbocycles. The van der Waals surface area contributed by atoms with Gasteiger partial charge in [-0.05, 0) is 29.7 Å². The predicted molar refractivity (Wildman–Crippen MR) is 126 cm³/mol. The Morgan fingerprint density at radius 3 is 2.62 bits per heavy atom. The molecule has 0 atom stereocenters. The molecule has 0 unspecified atom stereocenters. The van der Waals surface area contributed by atoms with Crippen LogP contribution in [0.1, 0.15) is 0 Å². The lowest BCUT2D eigenvalue weighted by atomic mass is 10.1. The normalized spacial score (nSPS) is 11.7. The van der Waals surface area contributed by atoms with Crippen LogP contribution in [0.5, 0.6) is 0 Å². The van der Waals surface area contributed by atoms with Crippen LogP contribution in [0.15, 0.2) is 53.6 Å². The molecule has 0 aliphatic heterocycles. The number of aryl methyl sites for hydroxylation is 1. The number of anilines is 3. The first-order chi connectivity index (χ1) is 16.0. The smallest absolute Gasteiger partial charge is 0.376 e. The third kappa shape index (κ3) is 4.68. The summed E-state index contributed by atoms with van der Waals surface area (Å²) in [5.74, 6) is -0.901. The first kappa shape index (κ1) is 23.1. The number of benzene rings is 2. The van der Waals surface area contributed by atoms with Crippen molar-refractivity contribution in [1.29, 1.82) is 0 Å². The Balaban J connectivity index is 1.71. The van der Waals surface area contributed by atoms with Gasteiger partial charge in [-0.15, -0.1) is 0 Å². The third-order valence-corrected chi connectivity index (χ3v) is 5.38. The van der Waals surface area contributed by atoms with Crippen molar-refractivity contribution in [1.82, 2.24) is 19.7 Å². The SMILES string of the molecule is CN(C)c1cc(Nc2cccc3ccn(CC(=O)NCC(F)(F)F)c(=O)c23)cc2cnn(C)c12. The van der Waals surface area contributed by atoms with Crippen molar-refractivity contribution < 1.29 is 18.0 Å². The fraction of sp³-hybridized carbons (Fsp3) is 0.261. The molecular weight excluding hydrogens is 449 g/mol. The van der Waals surface area contributed by atoms with Gasteiger partial charge in [0.25, 0.3) is 5.56 Å². The minimum Gasteiger partial charge on any atom is -0.376 e. The quantitative estimate of drug-likeness (QED) is 0.450. The molecule has 4 rings (SSSR count). The van der Waals surface area contributed by atoms with E-state index in [0.717, 1.165) is 26.8 Å². The number of rotatable bonds is 6. The zero-order chi connectivity index (χ0) is 24.6. The average molecular weight is 472 g/mol. The zero-order valence-corrected chi connectivity index (χ0v) is 18.8. The van der Waals surface area contributed by atoms with Crippen molar-refractivity contribution in [2.45, 2.75) is 12.7 Å². The van der Waals surface area contributed by atoms with Gasteiger partial charge in [0.2, 0.25) is 5.91 Å². The van der Waals surface area contributed by atoms with E-state index >= 15 is 0 Å². The molecule has 178 valence electrons. The lowest BCUT2D eigenvalue weighted by Gasteiger charge is -2.18. The monoisotopic (exact) mass is 472 g/mol. The van der Waals surface area contributed by atoms with Crippen LogP contribution in [0.3, 0.4) is 0 Å². The summed E-state index contributed by atoms with van der Waals surface area (Å²) in [4.78, 5) is 27.1. The van der Waals surface area contributed by atoms with E-state index in [9.17, 15) is 22.8 Å². The molecule has 0 saturated carbocycles. The molecule has 0 bridgehead atoms. The van der Waals surface area contributed by atoms with E-state index in [2.05, 4.69) is 10.4 Å². The molecule has 2 aromatic carbocycles. The fourth-order valence-corrected chi connectivity index (χ4v) is 3.83. The lowest BCUT2D eigenvalue weighted by Crippen LogP contribution is -2.37. The number of fused-ring (bicyclic) bond motifs is 2. The van der Waals surface area contributed by atoms with E-state index in [1.807, 2.05) is 38.2 Å². The topological polar surface area (TPSA) is 84.2 Å². The van der Waals surface area contributed by atoms with Crippen molar-refractivity contribution in [3.8, 4) is 0 Å². The molecule has 8 nitrogen and oxygen atoms in total. The van der Waals surface area contributed by atoms with Crippen molar-refractivity contribution in [3.05, 3.63) is 59.1 Å². The largest absolute Gasteiger partial charge is 0.405 e. The number of hydrogen-bond acceptors (Lipinski definition) is 5. The number of amides is 1. The Labute approximate surface area is 192 Å². The summed E-state index contributed by atoms with van der Waals surface area (Å²) in [5, 5.41) is 11.3. The molecule has 0 radical (unpaired) electrons. The summed E-state index contributed by atoms with van der Waals surface area (Å²) in [7, 11) is 5.71. The number of alkyl halides is 3. The molecule has 0 fully saturated rings. The second-order valence-electron chi connectivity index (χ2n) is 8.13. The second-order valence-corrected chi connectivity index (χ2v) is 8.13.